The first-order valence-electron chi connectivity index (χ1n) is 9.55. The van der Waals surface area contributed by atoms with Crippen LogP contribution in [0.2, 0.25) is 0 Å². The second kappa shape index (κ2) is 9.54. The second-order valence-corrected chi connectivity index (χ2v) is 8.86. The largest absolute Gasteiger partial charge is 0.476 e. The average molecular weight is 479 g/mol. The topological polar surface area (TPSA) is 173 Å². The van der Waals surface area contributed by atoms with Gasteiger partial charge in [0.2, 0.25) is 5.89 Å². The van der Waals surface area contributed by atoms with Crippen LogP contribution in [0.3, 0.4) is 0 Å². The van der Waals surface area contributed by atoms with Gasteiger partial charge in [-0.1, -0.05) is 0 Å². The molecule has 3 heterocycles. The highest BCUT2D eigenvalue weighted by molar-refractivity contribution is 7.10. The number of hydrogen-bond donors (Lipinski definition) is 4. The number of hydrogen-bond acceptors (Lipinski definition) is 10. The molecule has 0 saturated carbocycles. The number of aromatic carboxylic acids is 1. The van der Waals surface area contributed by atoms with E-state index in [0.29, 0.717) is 15.8 Å². The molecule has 0 bridgehead atoms. The number of carbonyl (C=O) groups is 3. The number of nitrogens with two attached hydrogens (primary N) is 1. The maximum Gasteiger partial charge on any atom is 0.355 e. The number of carboxylic acid groups (broad SMARTS) is 1. The number of amides is 2. The van der Waals surface area contributed by atoms with Crippen molar-refractivity contribution in [3.05, 3.63) is 49.5 Å². The van der Waals surface area contributed by atoms with E-state index in [0.717, 1.165) is 11.3 Å². The van der Waals surface area contributed by atoms with Crippen LogP contribution in [-0.2, 0) is 0 Å². The van der Waals surface area contributed by atoms with Crippen LogP contribution in [0, 0.1) is 6.92 Å². The van der Waals surface area contributed by atoms with Crippen LogP contribution in [0.4, 0.5) is 0 Å². The first kappa shape index (κ1) is 23.5. The number of carboxylic acids is 1. The summed E-state index contributed by atoms with van der Waals surface area (Å²) in [6, 6.07) is -1.40. The van der Waals surface area contributed by atoms with Crippen LogP contribution in [0.25, 0.3) is 0 Å². The van der Waals surface area contributed by atoms with Gasteiger partial charge in [-0.3, -0.25) is 9.59 Å². The van der Waals surface area contributed by atoms with E-state index in [1.807, 2.05) is 0 Å². The van der Waals surface area contributed by atoms with Crippen molar-refractivity contribution in [2.24, 2.45) is 5.73 Å². The smallest absolute Gasteiger partial charge is 0.355 e. The minimum Gasteiger partial charge on any atom is -0.476 e. The van der Waals surface area contributed by atoms with Gasteiger partial charge in [0, 0.05) is 10.8 Å². The van der Waals surface area contributed by atoms with Crippen molar-refractivity contribution in [2.75, 3.05) is 0 Å². The molecule has 0 radical (unpaired) electrons. The van der Waals surface area contributed by atoms with E-state index in [4.69, 9.17) is 15.3 Å². The van der Waals surface area contributed by atoms with E-state index in [9.17, 15) is 14.4 Å². The van der Waals surface area contributed by atoms with Gasteiger partial charge in [0.1, 0.15) is 21.5 Å². The highest BCUT2D eigenvalue weighted by atomic mass is 32.1. The quantitative estimate of drug-likeness (QED) is 0.379. The third-order valence-corrected chi connectivity index (χ3v) is 6.40. The van der Waals surface area contributed by atoms with E-state index in [-0.39, 0.29) is 23.0 Å². The molecule has 0 aromatic carbocycles. The Bertz CT molecular complexity index is 1150. The van der Waals surface area contributed by atoms with E-state index in [1.165, 1.54) is 16.7 Å². The Labute approximate surface area is 191 Å². The van der Waals surface area contributed by atoms with Gasteiger partial charge in [0.15, 0.2) is 11.4 Å². The summed E-state index contributed by atoms with van der Waals surface area (Å²) in [7, 11) is 0. The van der Waals surface area contributed by atoms with Gasteiger partial charge in [-0.05, 0) is 27.7 Å². The summed E-state index contributed by atoms with van der Waals surface area (Å²) in [6.45, 7) is 6.78. The van der Waals surface area contributed by atoms with Gasteiger partial charge in [0.25, 0.3) is 11.8 Å². The van der Waals surface area contributed by atoms with E-state index in [2.05, 4.69) is 25.6 Å². The Balaban J connectivity index is 1.63. The molecule has 3 atom stereocenters. The van der Waals surface area contributed by atoms with E-state index in [1.54, 1.807) is 33.1 Å². The Kier molecular flexibility index (Phi) is 7.01. The molecule has 3 rings (SSSR count). The number of rotatable bonds is 8. The molecule has 5 N–H and O–H groups in total. The van der Waals surface area contributed by atoms with Crippen LogP contribution < -0.4 is 16.4 Å². The highest BCUT2D eigenvalue weighted by Gasteiger charge is 2.23. The van der Waals surface area contributed by atoms with Gasteiger partial charge in [-0.25, -0.2) is 19.7 Å². The third kappa shape index (κ3) is 5.18. The summed E-state index contributed by atoms with van der Waals surface area (Å²) >= 11 is 2.38. The molecule has 3 aromatic rings. The van der Waals surface area contributed by atoms with Gasteiger partial charge >= 0.3 is 5.97 Å². The number of nitrogens with zero attached hydrogens (tertiary/aromatic N) is 3. The first-order valence-corrected chi connectivity index (χ1v) is 11.3. The SMILES string of the molecule is Cc1oc([C@@H](C)N)nc1C(=O)N[C@@H](C)c1nc(C(=O)N[C@H](C)c2nc(C(=O)O)cs2)cs1. The number of aryl methyl sites for hydroxylation is 1. The Morgan fingerprint density at radius 2 is 1.50 bits per heavy atom. The zero-order chi connectivity index (χ0) is 23.6. The molecule has 0 aliphatic rings. The van der Waals surface area contributed by atoms with Crippen LogP contribution in [-0.4, -0.2) is 37.8 Å². The summed E-state index contributed by atoms with van der Waals surface area (Å²) in [6.07, 6.45) is 0. The number of oxazole rings is 1. The zero-order valence-corrected chi connectivity index (χ0v) is 19.3. The molecule has 11 nitrogen and oxygen atoms in total. The van der Waals surface area contributed by atoms with Gasteiger partial charge < -0.3 is 25.9 Å². The zero-order valence-electron chi connectivity index (χ0n) is 17.7. The molecular weight excluding hydrogens is 456 g/mol. The number of thiazole rings is 2. The van der Waals surface area contributed by atoms with E-state index < -0.39 is 35.9 Å². The van der Waals surface area contributed by atoms with Gasteiger partial charge in [0.05, 0.1) is 18.1 Å². The minimum absolute atomic E-state index is 0.0676. The number of carbonyl (C=O) groups excluding carboxylic acids is 2. The van der Waals surface area contributed by atoms with Crippen molar-refractivity contribution in [3.8, 4) is 0 Å². The fourth-order valence-corrected chi connectivity index (χ4v) is 4.26. The molecule has 0 spiro atoms. The highest BCUT2D eigenvalue weighted by Crippen LogP contribution is 2.22. The van der Waals surface area contributed by atoms with Crippen LogP contribution in [0.15, 0.2) is 15.2 Å². The molecule has 0 saturated heterocycles. The molecule has 2 amide bonds. The predicted octanol–water partition coefficient (Wildman–Crippen LogP) is 2.60. The summed E-state index contributed by atoms with van der Waals surface area (Å²) in [4.78, 5) is 48.5. The standard InChI is InChI=1S/C19H22N6O5S2/c1-7(20)16-25-13(10(4)30-16)15(27)22-9(3)17-23-11(5-31-17)14(26)21-8(2)18-24-12(6-32-18)19(28)29/h5-9H,20H2,1-4H3,(H,21,26)(H,22,27)(H,28,29)/t7-,8-,9+/m1/s1. The number of aromatic nitrogens is 3. The fraction of sp³-hybridized carbons (Fsp3) is 0.368. The minimum atomic E-state index is -1.12. The lowest BCUT2D eigenvalue weighted by Gasteiger charge is -2.11. The summed E-state index contributed by atoms with van der Waals surface area (Å²) in [5, 5.41) is 18.5. The van der Waals surface area contributed by atoms with Crippen molar-refractivity contribution in [1.29, 1.82) is 0 Å². The Morgan fingerprint density at radius 3 is 2.00 bits per heavy atom. The molecule has 32 heavy (non-hydrogen) atoms. The molecular formula is C19H22N6O5S2. The predicted molar refractivity (Wildman–Crippen MR) is 117 cm³/mol. The van der Waals surface area contributed by atoms with Gasteiger partial charge in [-0.15, -0.1) is 22.7 Å². The molecule has 0 unspecified atom stereocenters. The van der Waals surface area contributed by atoms with Crippen LogP contribution in [0.1, 0.15) is 92.0 Å². The van der Waals surface area contributed by atoms with Crippen LogP contribution >= 0.6 is 22.7 Å². The fourth-order valence-electron chi connectivity index (χ4n) is 2.66. The lowest BCUT2D eigenvalue weighted by molar-refractivity contribution is 0.0690. The Hall–Kier alpha value is -3.16. The van der Waals surface area contributed by atoms with Crippen molar-refractivity contribution < 1.29 is 23.9 Å². The van der Waals surface area contributed by atoms with Crippen molar-refractivity contribution in [3.63, 3.8) is 0 Å². The van der Waals surface area contributed by atoms with Crippen molar-refractivity contribution in [2.45, 2.75) is 45.8 Å². The summed E-state index contributed by atoms with van der Waals surface area (Å²) in [5.41, 5.74) is 6.01. The number of nitrogens with one attached hydrogen (secondary N) is 2. The third-order valence-electron chi connectivity index (χ3n) is 4.35. The normalized spacial score (nSPS) is 13.9. The maximum absolute atomic E-state index is 12.6. The summed E-state index contributed by atoms with van der Waals surface area (Å²) in [5.74, 6) is -1.35. The molecule has 0 aliphatic carbocycles. The lowest BCUT2D eigenvalue weighted by Crippen LogP contribution is -2.28. The molecule has 170 valence electrons. The van der Waals surface area contributed by atoms with Crippen LogP contribution in [0.5, 0.6) is 0 Å². The maximum atomic E-state index is 12.6. The molecule has 3 aromatic heterocycles. The monoisotopic (exact) mass is 478 g/mol. The summed E-state index contributed by atoms with van der Waals surface area (Å²) < 4.78 is 5.41. The molecule has 0 fully saturated rings. The Morgan fingerprint density at radius 1 is 0.969 bits per heavy atom. The molecule has 13 heteroatoms. The van der Waals surface area contributed by atoms with E-state index >= 15 is 0 Å². The average Bonchev–Trinajstić information content (AvgIpc) is 3.46. The van der Waals surface area contributed by atoms with Crippen molar-refractivity contribution >= 4 is 40.5 Å². The second-order valence-electron chi connectivity index (χ2n) is 7.08. The van der Waals surface area contributed by atoms with Crippen molar-refractivity contribution in [1.82, 2.24) is 25.6 Å². The first-order chi connectivity index (χ1) is 15.1. The molecule has 0 aliphatic heterocycles. The lowest BCUT2D eigenvalue weighted by atomic mass is 10.3. The van der Waals surface area contributed by atoms with Gasteiger partial charge in [-0.2, -0.15) is 0 Å².